The summed E-state index contributed by atoms with van der Waals surface area (Å²) in [4.78, 5) is 48.8. The Morgan fingerprint density at radius 3 is 1.06 bits per heavy atom. The maximum absolute atomic E-state index is 10.7. The van der Waals surface area contributed by atoms with E-state index >= 15 is 0 Å². The minimum Gasteiger partial charge on any atom is -0.397 e. The highest BCUT2D eigenvalue weighted by Crippen LogP contribution is 2.47. The fourth-order valence-electron chi connectivity index (χ4n) is 16.5. The Kier molecular flexibility index (Phi) is 34.8. The third-order valence-corrected chi connectivity index (χ3v) is 31.4. The van der Waals surface area contributed by atoms with Crippen molar-refractivity contribution in [3.63, 3.8) is 0 Å². The number of anilines is 5. The van der Waals surface area contributed by atoms with E-state index in [4.69, 9.17) is 46.6 Å². The van der Waals surface area contributed by atoms with Gasteiger partial charge in [0.2, 0.25) is 0 Å². The number of hydrogen-bond acceptors (Lipinski definition) is 31. The van der Waals surface area contributed by atoms with Crippen LogP contribution in [0.4, 0.5) is 28.6 Å². The molecule has 20 atom stereocenters. The number of allylic oxidation sites excluding steroid dienone is 1. The molecule has 0 bridgehead atoms. The van der Waals surface area contributed by atoms with Gasteiger partial charge in [-0.05, 0) is 187 Å². The van der Waals surface area contributed by atoms with E-state index in [1.54, 1.807) is 73.6 Å². The molecule has 5 unspecified atom stereocenters. The number of pyridine rings is 4. The number of ether oxygens (including phenoxy) is 5. The van der Waals surface area contributed by atoms with Crippen LogP contribution in [0.2, 0.25) is 0 Å². The summed E-state index contributed by atoms with van der Waals surface area (Å²) in [6.45, 7) is 28.1. The van der Waals surface area contributed by atoms with E-state index in [1.165, 1.54) is 11.9 Å². The maximum atomic E-state index is 10.7. The first-order valence-corrected chi connectivity index (χ1v) is 60.3. The molecule has 5 fully saturated rings. The zero-order valence-corrected chi connectivity index (χ0v) is 83.3. The molecule has 0 aliphatic carbocycles. The Balaban J connectivity index is 0.000000158. The molecule has 19 N–H and O–H groups in total. The van der Waals surface area contributed by atoms with Gasteiger partial charge in [-0.15, -0.1) is 65.9 Å². The summed E-state index contributed by atoms with van der Waals surface area (Å²) >= 11 is 0. The number of nitrogens with zero attached hydrogens (tertiary/aromatic N) is 16. The average molecular weight is 1920 g/mol. The largest absolute Gasteiger partial charge is 0.397 e. The number of imidazole rings is 5. The number of unbranched alkanes of at least 4 members (excludes halogenated alkanes) is 1. The van der Waals surface area contributed by atoms with Gasteiger partial charge in [-0.3, -0.25) is 22.8 Å². The number of hydrogen-bond donors (Lipinski definition) is 15. The van der Waals surface area contributed by atoms with Crippen molar-refractivity contribution in [2.45, 2.75) is 241 Å². The number of nitrogens with two attached hydrogens (primary N) is 4. The number of aromatic nitrogens is 16. The number of aliphatic hydroxyl groups is 10. The van der Waals surface area contributed by atoms with Crippen LogP contribution in [0.1, 0.15) is 147 Å². The van der Waals surface area contributed by atoms with Gasteiger partial charge in [-0.25, -0.2) is 54.8 Å². The van der Waals surface area contributed by atoms with E-state index < -0.39 is 157 Å². The van der Waals surface area contributed by atoms with Crippen LogP contribution in [0.5, 0.6) is 0 Å². The minimum absolute atomic E-state index is 0.427. The second-order valence-corrected chi connectivity index (χ2v) is 60.1. The molecule has 10 aromatic rings. The van der Waals surface area contributed by atoms with Crippen molar-refractivity contribution in [2.75, 3.05) is 132 Å². The van der Waals surface area contributed by atoms with Crippen molar-refractivity contribution in [3.8, 4) is 0 Å². The molecule has 5 aliphatic heterocycles. The van der Waals surface area contributed by atoms with Crippen molar-refractivity contribution in [2.24, 2.45) is 0 Å². The Hall–Kier alpha value is -7.33. The van der Waals surface area contributed by atoms with E-state index in [2.05, 4.69) is 192 Å². The van der Waals surface area contributed by atoms with Crippen LogP contribution < -0.4 is 28.3 Å². The van der Waals surface area contributed by atoms with Crippen LogP contribution in [0, 0.1) is 6.92 Å². The molecular weight excluding hydrogens is 1770 g/mol. The summed E-state index contributed by atoms with van der Waals surface area (Å²) in [6, 6.07) is 6.80. The lowest BCUT2D eigenvalue weighted by molar-refractivity contribution is -0.0368. The van der Waals surface area contributed by atoms with Gasteiger partial charge in [0, 0.05) is 50.6 Å². The number of aryl methyl sites for hydroxylation is 4. The van der Waals surface area contributed by atoms with Gasteiger partial charge in [-0.2, -0.15) is 0 Å². The Morgan fingerprint density at radius 1 is 0.397 bits per heavy atom. The first kappa shape index (κ1) is 104. The van der Waals surface area contributed by atoms with E-state index in [9.17, 15) is 51.1 Å². The van der Waals surface area contributed by atoms with Crippen molar-refractivity contribution in [3.05, 3.63) is 96.7 Å². The molecule has 15 rings (SSSR count). The van der Waals surface area contributed by atoms with E-state index in [1.807, 2.05) is 18.4 Å². The Morgan fingerprint density at radius 2 is 0.718 bits per heavy atom. The van der Waals surface area contributed by atoms with Crippen molar-refractivity contribution < 1.29 is 74.7 Å². The quantitative estimate of drug-likeness (QED) is 0.0148. The molecule has 0 spiro atoms. The smallest absolute Gasteiger partial charge is 0.167 e. The van der Waals surface area contributed by atoms with E-state index in [0.717, 1.165) is 80.4 Å². The first-order valence-electron chi connectivity index (χ1n) is 45.0. The molecule has 131 heavy (non-hydrogen) atoms. The molecule has 0 radical (unpaired) electrons. The molecule has 10 aromatic heterocycles. The standard InChI is InChI=1S/C20H32N5O3P.C19H31N4O3P.C18H29N4O3P.C17H27N4O3P.C16H25N4O3P/c1-6-13(2)7-9-21-18-15-19(23-11-22-18)25(12-24-15)20-17(27)16(26)14(28-20)8-10-29(3,4)5;1-5-6-7-14-22-15-12(20)8-10-21-18(15)23(14)19-17(25)16(24)13(26-19)9-11-27(2,3)4;1-5-6-13-21-14-11(19)7-9-20-17(14)22(13)18-16(24)15(23)12(25-18)8-10-26(2,3)4;1-5-12-20-13-10(18)6-8-19-16(13)21(12)17-15(23)14(22)11(24-17)7-9-25(2,3)4;1-9-19-12-10(17)5-7-18-15(12)20(9)16-14(22)13(21)11(23-16)6-8-24(2,3)4/h7,11-12,14,16-17,20,26-27H,3,6,8-10H2,1-2,4-5H3,(H,21,22,23);8,10,13,16-17,19,24-25H,2,5-7,9,11H2,1,3-4H3,(H2,20,21);7,9,12,15-16,18,23-24H,2,5-6,8,10H2,1,3-4H3,(H2,19,20);6,8,11,14-15,17,22-23H,2,5,7,9H2,1,3-4H3,(H2,18,19);5,7,11,13-14,16,21-22H,2,6,8H2,1,3-4H3,(H2,17,18)/b13-7-;;;;/t14-,16-,17-,20?;13-,16-,17-,19?;12-,15-,16-,18?;11-,14-,15-,17?;11-,13-,14-,16?/m11111/s1. The minimum atomic E-state index is -1.24. The third kappa shape index (κ3) is 25.1. The SMILES string of the molecule is C=P(C)(C)CC[C@H]1OC(n2c(C)nc3c(N)ccnc32)[C@H](O)[C@@H]1O.C=P(C)(C)CC[C@H]1OC(n2c(CC)nc3c(N)ccnc32)[C@H](O)[C@@H]1O.C=P(C)(C)CC[C@H]1OC(n2c(CCC)nc3c(N)ccnc32)[C@H](O)[C@@H]1O.C=P(C)(C)CC[C@H]1OC(n2c(CCCC)nc3c(N)ccnc32)[C@H](O)[C@@H]1O.C=P(C)(C)CC[C@H]1OC(n2cnc3c(NC/C=C(/C)CC)ncnc32)[C@H](O)[C@@H]1O. The van der Waals surface area contributed by atoms with Crippen LogP contribution in [0.15, 0.2) is 73.4 Å². The highest BCUT2D eigenvalue weighted by Gasteiger charge is 2.50. The summed E-state index contributed by atoms with van der Waals surface area (Å²) in [5.41, 5.74) is 33.4. The molecule has 41 heteroatoms. The van der Waals surface area contributed by atoms with E-state index in [-0.39, 0.29) is 0 Å². The highest BCUT2D eigenvalue weighted by atomic mass is 31.2. The molecular formula is C90H144N21O15P5. The molecule has 5 saturated heterocycles. The molecule has 0 aromatic carbocycles. The van der Waals surface area contributed by atoms with Crippen LogP contribution in [0.25, 0.3) is 55.8 Å². The Bertz CT molecular complexity index is 5840. The van der Waals surface area contributed by atoms with Crippen molar-refractivity contribution in [1.29, 1.82) is 0 Å². The summed E-state index contributed by atoms with van der Waals surface area (Å²) in [5, 5.41) is 109. The molecule has 36 nitrogen and oxygen atoms in total. The van der Waals surface area contributed by atoms with Gasteiger partial charge in [0.15, 0.2) is 70.7 Å². The maximum Gasteiger partial charge on any atom is 0.167 e. The summed E-state index contributed by atoms with van der Waals surface area (Å²) in [7, 11) is 0. The van der Waals surface area contributed by atoms with Gasteiger partial charge < -0.3 is 103 Å². The average Bonchev–Trinajstić information content (AvgIpc) is 1.61. The van der Waals surface area contributed by atoms with Crippen LogP contribution in [0.3, 0.4) is 0 Å². The number of nitrogen functional groups attached to an aromatic ring is 4. The number of aliphatic hydroxyl groups excluding tert-OH is 10. The predicted octanol–water partition coefficient (Wildman–Crippen LogP) is 8.41. The highest BCUT2D eigenvalue weighted by molar-refractivity contribution is 7.73. The van der Waals surface area contributed by atoms with E-state index in [0.29, 0.717) is 142 Å². The molecule has 15 heterocycles. The number of rotatable bonds is 30. The van der Waals surface area contributed by atoms with Crippen molar-refractivity contribution in [1.82, 2.24) is 77.7 Å². The summed E-state index contributed by atoms with van der Waals surface area (Å²) < 4.78 is 39.1. The monoisotopic (exact) mass is 1910 g/mol. The second kappa shape index (κ2) is 43.8. The molecule has 0 saturated carbocycles. The molecule has 5 aliphatic rings. The second-order valence-electron chi connectivity index (χ2n) is 38.5. The van der Waals surface area contributed by atoms with Gasteiger partial charge >= 0.3 is 0 Å². The zero-order chi connectivity index (χ0) is 96.0. The fourth-order valence-corrected chi connectivity index (χ4v) is 21.3. The Labute approximate surface area is 768 Å². The fraction of sp³-hybridized carbons (Fsp3) is 0.600. The normalized spacial score (nSPS) is 26.7. The topological polar surface area (TPSA) is 531 Å². The first-order chi connectivity index (χ1) is 61.6. The summed E-state index contributed by atoms with van der Waals surface area (Å²) in [6.07, 6.45) is 30.7. The van der Waals surface area contributed by atoms with Crippen molar-refractivity contribution >= 4 is 150 Å². The van der Waals surface area contributed by atoms with Crippen LogP contribution >= 0.6 is 34.4 Å². The van der Waals surface area contributed by atoms with Gasteiger partial charge in [0.05, 0.1) is 59.6 Å². The van der Waals surface area contributed by atoms with Gasteiger partial charge in [0.1, 0.15) is 113 Å². The van der Waals surface area contributed by atoms with Crippen LogP contribution in [-0.2, 0) is 42.9 Å². The van der Waals surface area contributed by atoms with Gasteiger partial charge in [0.25, 0.3) is 0 Å². The lowest BCUT2D eigenvalue weighted by atomic mass is 10.1. The van der Waals surface area contributed by atoms with Gasteiger partial charge in [-0.1, -0.05) is 45.8 Å². The molecule has 724 valence electrons. The number of nitrogens with one attached hydrogen (secondary N) is 1. The lowest BCUT2D eigenvalue weighted by Crippen LogP contribution is -2.32. The number of fused-ring (bicyclic) bond motifs is 5. The molecule has 0 amide bonds. The third-order valence-electron chi connectivity index (χ3n) is 24.1. The predicted molar refractivity (Wildman–Crippen MR) is 539 cm³/mol. The lowest BCUT2D eigenvalue weighted by Gasteiger charge is -2.20. The zero-order valence-electron chi connectivity index (χ0n) is 78.9. The van der Waals surface area contributed by atoms with Crippen LogP contribution in [-0.4, -0.2) is 356 Å². The summed E-state index contributed by atoms with van der Waals surface area (Å²) in [5.74, 6) is 3.52.